The molecule has 0 aliphatic carbocycles. The molecule has 0 heterocycles. The molecular weight excluding hydrogens is 187 g/mol. The molecule has 0 nitrogen and oxygen atoms in total. The van der Waals surface area contributed by atoms with Gasteiger partial charge in [0.25, 0.3) is 0 Å². The Kier molecular flexibility index (Phi) is 9.69. The van der Waals surface area contributed by atoms with Gasteiger partial charge in [0, 0.05) is 0 Å². The van der Waals surface area contributed by atoms with Crippen molar-refractivity contribution in [2.24, 2.45) is 0 Å². The largest absolute Gasteiger partial charge is 1.00 e. The molecule has 0 atom stereocenters. The molecule has 0 aliphatic rings. The van der Waals surface area contributed by atoms with Crippen molar-refractivity contribution in [1.82, 2.24) is 0 Å². The van der Waals surface area contributed by atoms with Gasteiger partial charge in [0.15, 0.2) is 0 Å². The standard InChI is InChI=1S/C15H23.Li/c1-3-4-5-6-7-8-9-15-12-10-14(2)11-13-15;/h10-13H,2-9H2,1H3;/q-1;+1. The van der Waals surface area contributed by atoms with Crippen LogP contribution in [-0.4, -0.2) is 0 Å². The minimum atomic E-state index is 0. The van der Waals surface area contributed by atoms with Crippen LogP contribution >= 0.6 is 0 Å². The Morgan fingerprint density at radius 3 is 2.06 bits per heavy atom. The van der Waals surface area contributed by atoms with E-state index >= 15 is 0 Å². The third kappa shape index (κ3) is 7.04. The zero-order valence-electron chi connectivity index (χ0n) is 11.0. The number of hydrogen-bond acceptors (Lipinski definition) is 0. The van der Waals surface area contributed by atoms with Gasteiger partial charge in [0.2, 0.25) is 0 Å². The fourth-order valence-electron chi connectivity index (χ4n) is 1.82. The van der Waals surface area contributed by atoms with Crippen LogP contribution in [0.15, 0.2) is 24.3 Å². The van der Waals surface area contributed by atoms with Crippen molar-refractivity contribution < 1.29 is 18.9 Å². The summed E-state index contributed by atoms with van der Waals surface area (Å²) >= 11 is 0. The normalized spacial score (nSPS) is 9.81. The summed E-state index contributed by atoms with van der Waals surface area (Å²) in [5.41, 5.74) is 2.57. The van der Waals surface area contributed by atoms with Gasteiger partial charge in [-0.15, -0.1) is 12.1 Å². The van der Waals surface area contributed by atoms with Crippen LogP contribution < -0.4 is 18.9 Å². The number of benzene rings is 1. The van der Waals surface area contributed by atoms with E-state index in [1.54, 1.807) is 0 Å². The molecule has 1 aromatic carbocycles. The average molecular weight is 210 g/mol. The van der Waals surface area contributed by atoms with E-state index in [1.165, 1.54) is 50.5 Å². The molecular formula is C15H23Li. The zero-order valence-corrected chi connectivity index (χ0v) is 11.0. The Balaban J connectivity index is 0.00000225. The Bertz CT molecular complexity index is 251. The third-order valence-corrected chi connectivity index (χ3v) is 2.84. The molecule has 0 saturated heterocycles. The van der Waals surface area contributed by atoms with E-state index in [4.69, 9.17) is 0 Å². The first kappa shape index (κ1) is 15.7. The van der Waals surface area contributed by atoms with Crippen LogP contribution in [0, 0.1) is 6.92 Å². The van der Waals surface area contributed by atoms with Crippen LogP contribution in [0.1, 0.15) is 56.6 Å². The summed E-state index contributed by atoms with van der Waals surface area (Å²) in [7, 11) is 0. The zero-order chi connectivity index (χ0) is 10.9. The maximum atomic E-state index is 3.89. The quantitative estimate of drug-likeness (QED) is 0.365. The van der Waals surface area contributed by atoms with Gasteiger partial charge in [0.1, 0.15) is 0 Å². The Morgan fingerprint density at radius 2 is 1.44 bits per heavy atom. The molecule has 1 rings (SSSR count). The summed E-state index contributed by atoms with van der Waals surface area (Å²) in [6, 6.07) is 8.61. The number of aryl methyl sites for hydroxylation is 1. The van der Waals surface area contributed by atoms with Crippen molar-refractivity contribution in [3.8, 4) is 0 Å². The van der Waals surface area contributed by atoms with E-state index in [0.717, 1.165) is 5.56 Å². The van der Waals surface area contributed by atoms with Crippen LogP contribution in [0.3, 0.4) is 0 Å². The maximum Gasteiger partial charge on any atom is 1.00 e. The smallest absolute Gasteiger partial charge is 0.199 e. The molecule has 84 valence electrons. The average Bonchev–Trinajstić information content (AvgIpc) is 2.26. The van der Waals surface area contributed by atoms with Crippen LogP contribution in [0.5, 0.6) is 0 Å². The van der Waals surface area contributed by atoms with Crippen molar-refractivity contribution >= 4 is 0 Å². The summed E-state index contributed by atoms with van der Waals surface area (Å²) in [5, 5.41) is 0. The molecule has 0 amide bonds. The van der Waals surface area contributed by atoms with Crippen molar-refractivity contribution in [2.45, 2.75) is 51.9 Å². The Morgan fingerprint density at radius 1 is 0.875 bits per heavy atom. The molecule has 1 heteroatoms. The Labute approximate surface area is 113 Å². The van der Waals surface area contributed by atoms with Gasteiger partial charge in [-0.05, 0) is 12.8 Å². The summed E-state index contributed by atoms with van der Waals surface area (Å²) in [6.07, 6.45) is 9.50. The van der Waals surface area contributed by atoms with Crippen molar-refractivity contribution in [1.29, 1.82) is 0 Å². The van der Waals surface area contributed by atoms with E-state index in [9.17, 15) is 0 Å². The molecule has 1 aromatic rings. The van der Waals surface area contributed by atoms with Crippen LogP contribution in [0.4, 0.5) is 0 Å². The first-order valence-corrected chi connectivity index (χ1v) is 6.24. The summed E-state index contributed by atoms with van der Waals surface area (Å²) in [4.78, 5) is 0. The van der Waals surface area contributed by atoms with Crippen molar-refractivity contribution in [3.63, 3.8) is 0 Å². The SMILES string of the molecule is [CH2-]c1ccc(CCCCCCCC)cc1.[Li+]. The predicted molar refractivity (Wildman–Crippen MR) is 68.0 cm³/mol. The van der Waals surface area contributed by atoms with Gasteiger partial charge < -0.3 is 0 Å². The van der Waals surface area contributed by atoms with Gasteiger partial charge in [-0.25, -0.2) is 0 Å². The summed E-state index contributed by atoms with van der Waals surface area (Å²) in [6.45, 7) is 6.16. The molecule has 0 aromatic heterocycles. The van der Waals surface area contributed by atoms with Crippen molar-refractivity contribution in [2.75, 3.05) is 0 Å². The molecule has 16 heavy (non-hydrogen) atoms. The molecule has 0 unspecified atom stereocenters. The number of unbranched alkanes of at least 4 members (excludes halogenated alkanes) is 5. The topological polar surface area (TPSA) is 0 Å². The summed E-state index contributed by atoms with van der Waals surface area (Å²) in [5.74, 6) is 0. The molecule has 0 N–H and O–H groups in total. The van der Waals surface area contributed by atoms with E-state index in [2.05, 4.69) is 38.1 Å². The van der Waals surface area contributed by atoms with E-state index in [1.807, 2.05) is 0 Å². The first-order chi connectivity index (χ1) is 7.33. The van der Waals surface area contributed by atoms with Gasteiger partial charge in [-0.2, -0.15) is 24.6 Å². The second-order valence-corrected chi connectivity index (χ2v) is 4.33. The summed E-state index contributed by atoms with van der Waals surface area (Å²) < 4.78 is 0. The van der Waals surface area contributed by atoms with Gasteiger partial charge in [-0.1, -0.05) is 44.6 Å². The van der Waals surface area contributed by atoms with Crippen LogP contribution in [0.2, 0.25) is 0 Å². The van der Waals surface area contributed by atoms with Crippen LogP contribution in [0.25, 0.3) is 0 Å². The third-order valence-electron chi connectivity index (χ3n) is 2.84. The molecule has 0 spiro atoms. The molecule has 0 fully saturated rings. The molecule has 0 radical (unpaired) electrons. The van der Waals surface area contributed by atoms with Gasteiger partial charge in [0.05, 0.1) is 0 Å². The second kappa shape index (κ2) is 9.88. The number of hydrogen-bond donors (Lipinski definition) is 0. The fourth-order valence-corrected chi connectivity index (χ4v) is 1.82. The van der Waals surface area contributed by atoms with Crippen LogP contribution in [-0.2, 0) is 6.42 Å². The van der Waals surface area contributed by atoms with E-state index in [-0.39, 0.29) is 18.9 Å². The van der Waals surface area contributed by atoms with Gasteiger partial charge >= 0.3 is 18.9 Å². The maximum absolute atomic E-state index is 3.89. The van der Waals surface area contributed by atoms with E-state index in [0.29, 0.717) is 0 Å². The molecule has 0 aliphatic heterocycles. The minimum absolute atomic E-state index is 0. The molecule has 0 bridgehead atoms. The molecule has 0 saturated carbocycles. The fraction of sp³-hybridized carbons (Fsp3) is 0.533. The minimum Gasteiger partial charge on any atom is -0.199 e. The predicted octanol–water partition coefficient (Wildman–Crippen LogP) is 1.78. The Hall–Kier alpha value is -0.313. The monoisotopic (exact) mass is 210 g/mol. The van der Waals surface area contributed by atoms with Crippen molar-refractivity contribution in [3.05, 3.63) is 42.3 Å². The second-order valence-electron chi connectivity index (χ2n) is 4.33. The first-order valence-electron chi connectivity index (χ1n) is 6.24. The van der Waals surface area contributed by atoms with E-state index < -0.39 is 0 Å². The number of rotatable bonds is 7. The van der Waals surface area contributed by atoms with Gasteiger partial charge in [-0.3, -0.25) is 0 Å².